The zero-order valence-corrected chi connectivity index (χ0v) is 23.0. The van der Waals surface area contributed by atoms with E-state index >= 15 is 0 Å². The number of alkyl halides is 3. The summed E-state index contributed by atoms with van der Waals surface area (Å²) in [7, 11) is 0. The fraction of sp³-hybridized carbons (Fsp3) is 0.200. The summed E-state index contributed by atoms with van der Waals surface area (Å²) in [5.41, 5.74) is 1.43. The van der Waals surface area contributed by atoms with Gasteiger partial charge in [-0.2, -0.15) is 13.2 Å². The first-order valence-corrected chi connectivity index (χ1v) is 12.5. The minimum absolute atomic E-state index is 0.0529. The number of amides is 2. The Bertz CT molecular complexity index is 1550. The maximum absolute atomic E-state index is 13.8. The molecular formula is C30H26F5N3O5. The van der Waals surface area contributed by atoms with Crippen molar-refractivity contribution in [3.8, 4) is 11.1 Å². The van der Waals surface area contributed by atoms with Crippen molar-refractivity contribution in [3.63, 3.8) is 0 Å². The number of carbonyl (C=O) groups excluding carboxylic acids is 2. The Morgan fingerprint density at radius 2 is 1.53 bits per heavy atom. The molecule has 0 saturated heterocycles. The highest BCUT2D eigenvalue weighted by molar-refractivity contribution is 6.08. The topological polar surface area (TPSA) is 113 Å². The Labute approximate surface area is 242 Å². The molecule has 2 heterocycles. The van der Waals surface area contributed by atoms with Gasteiger partial charge in [0, 0.05) is 29.2 Å². The fourth-order valence-corrected chi connectivity index (χ4v) is 3.79. The molecule has 8 nitrogen and oxygen atoms in total. The number of rotatable bonds is 6. The molecule has 2 aromatic heterocycles. The van der Waals surface area contributed by atoms with Crippen LogP contribution in [0.2, 0.25) is 0 Å². The highest BCUT2D eigenvalue weighted by Gasteiger charge is 2.38. The molecule has 4 aromatic rings. The van der Waals surface area contributed by atoms with E-state index in [2.05, 4.69) is 10.3 Å². The van der Waals surface area contributed by atoms with Crippen molar-refractivity contribution in [3.05, 3.63) is 108 Å². The summed E-state index contributed by atoms with van der Waals surface area (Å²) >= 11 is 0. The Hall–Kier alpha value is -5.07. The van der Waals surface area contributed by atoms with Crippen LogP contribution in [0.1, 0.15) is 42.9 Å². The van der Waals surface area contributed by atoms with Crippen molar-refractivity contribution < 1.29 is 45.9 Å². The number of carbonyl (C=O) groups is 3. The highest BCUT2D eigenvalue weighted by atomic mass is 19.4. The first kappa shape index (κ1) is 32.4. The maximum Gasteiger partial charge on any atom is 0.490 e. The molecule has 0 saturated carbocycles. The lowest BCUT2D eigenvalue weighted by Gasteiger charge is -2.33. The van der Waals surface area contributed by atoms with Crippen LogP contribution in [-0.2, 0) is 9.59 Å². The van der Waals surface area contributed by atoms with Crippen LogP contribution < -0.4 is 10.2 Å². The van der Waals surface area contributed by atoms with Crippen LogP contribution in [-0.4, -0.2) is 39.6 Å². The average Bonchev–Trinajstić information content (AvgIpc) is 3.48. The Balaban J connectivity index is 0.000000646. The molecule has 2 amide bonds. The Morgan fingerprint density at radius 3 is 2.02 bits per heavy atom. The van der Waals surface area contributed by atoms with Gasteiger partial charge in [-0.15, -0.1) is 0 Å². The van der Waals surface area contributed by atoms with Crippen LogP contribution in [0.5, 0.6) is 0 Å². The second-order valence-electron chi connectivity index (χ2n) is 10.1. The van der Waals surface area contributed by atoms with Gasteiger partial charge in [-0.05, 0) is 74.4 Å². The number of nitrogens with one attached hydrogen (secondary N) is 1. The molecule has 226 valence electrons. The number of carboxylic acids is 1. The quantitative estimate of drug-likeness (QED) is 0.242. The van der Waals surface area contributed by atoms with Crippen LogP contribution in [0, 0.1) is 11.6 Å². The second kappa shape index (κ2) is 13.3. The number of anilines is 1. The second-order valence-corrected chi connectivity index (χ2v) is 10.1. The van der Waals surface area contributed by atoms with Gasteiger partial charge in [-0.25, -0.2) is 13.6 Å². The number of aromatic nitrogens is 1. The lowest BCUT2D eigenvalue weighted by molar-refractivity contribution is -0.192. The summed E-state index contributed by atoms with van der Waals surface area (Å²) in [6, 6.07) is 15.7. The van der Waals surface area contributed by atoms with E-state index in [1.165, 1.54) is 29.5 Å². The predicted octanol–water partition coefficient (Wildman–Crippen LogP) is 6.56. The van der Waals surface area contributed by atoms with Gasteiger partial charge in [-0.3, -0.25) is 19.5 Å². The number of hydrogen-bond donors (Lipinski definition) is 2. The maximum atomic E-state index is 13.8. The van der Waals surface area contributed by atoms with Crippen molar-refractivity contribution in [2.45, 2.75) is 38.5 Å². The first-order valence-electron chi connectivity index (χ1n) is 12.5. The minimum atomic E-state index is -5.08. The van der Waals surface area contributed by atoms with E-state index in [4.69, 9.17) is 14.3 Å². The van der Waals surface area contributed by atoms with E-state index in [-0.39, 0.29) is 5.76 Å². The standard InChI is InChI=1S/C28H25F2N3O3.C2HF3O2/c1-28(2,3)32-26(34)25(20-6-4-14-31-17-20)33(27(35)24-7-5-15-36-24)21-11-8-18(9-12-21)19-10-13-22(29)23(30)16-19;3-2(4,5)1(6)7/h4-17,25H,1-3H3,(H,32,34);(H,6,7). The largest absolute Gasteiger partial charge is 0.490 e. The van der Waals surface area contributed by atoms with Crippen LogP contribution in [0.4, 0.5) is 27.6 Å². The molecule has 4 rings (SSSR count). The summed E-state index contributed by atoms with van der Waals surface area (Å²) in [4.78, 5) is 41.6. The van der Waals surface area contributed by atoms with Gasteiger partial charge in [0.1, 0.15) is 6.04 Å². The molecule has 0 aliphatic rings. The van der Waals surface area contributed by atoms with Gasteiger partial charge in [0.05, 0.1) is 6.26 Å². The molecule has 2 aromatic carbocycles. The summed E-state index contributed by atoms with van der Waals surface area (Å²) in [5, 5.41) is 10.1. The third kappa shape index (κ3) is 8.71. The Morgan fingerprint density at radius 1 is 0.907 bits per heavy atom. The molecule has 1 unspecified atom stereocenters. The summed E-state index contributed by atoms with van der Waals surface area (Å²) in [5.74, 6) is -5.53. The normalized spacial score (nSPS) is 12.0. The van der Waals surface area contributed by atoms with Gasteiger partial charge in [0.15, 0.2) is 17.4 Å². The van der Waals surface area contributed by atoms with E-state index in [9.17, 15) is 31.5 Å². The smallest absolute Gasteiger partial charge is 0.475 e. The van der Waals surface area contributed by atoms with E-state index in [1.54, 1.807) is 48.7 Å². The lowest BCUT2D eigenvalue weighted by Crippen LogP contribution is -2.49. The van der Waals surface area contributed by atoms with E-state index in [0.717, 1.165) is 12.1 Å². The molecule has 0 aliphatic carbocycles. The molecule has 0 spiro atoms. The van der Waals surface area contributed by atoms with E-state index in [0.29, 0.717) is 22.4 Å². The molecule has 0 aliphatic heterocycles. The number of halogens is 5. The minimum Gasteiger partial charge on any atom is -0.475 e. The number of benzene rings is 2. The molecule has 43 heavy (non-hydrogen) atoms. The van der Waals surface area contributed by atoms with E-state index < -0.39 is 47.2 Å². The molecular weight excluding hydrogens is 577 g/mol. The lowest BCUT2D eigenvalue weighted by atomic mass is 10.0. The van der Waals surface area contributed by atoms with Crippen LogP contribution in [0.25, 0.3) is 11.1 Å². The third-order valence-corrected chi connectivity index (χ3v) is 5.60. The molecule has 2 N–H and O–H groups in total. The monoisotopic (exact) mass is 603 g/mol. The van der Waals surface area contributed by atoms with Gasteiger partial charge in [0.25, 0.3) is 5.91 Å². The van der Waals surface area contributed by atoms with Crippen LogP contribution in [0.3, 0.4) is 0 Å². The van der Waals surface area contributed by atoms with Gasteiger partial charge < -0.3 is 14.8 Å². The number of hydrogen-bond acceptors (Lipinski definition) is 5. The highest BCUT2D eigenvalue weighted by Crippen LogP contribution is 2.32. The van der Waals surface area contributed by atoms with Gasteiger partial charge in [-0.1, -0.05) is 24.3 Å². The zero-order valence-electron chi connectivity index (χ0n) is 23.0. The van der Waals surface area contributed by atoms with Crippen molar-refractivity contribution in [2.75, 3.05) is 4.90 Å². The third-order valence-electron chi connectivity index (χ3n) is 5.60. The van der Waals surface area contributed by atoms with Gasteiger partial charge >= 0.3 is 12.1 Å². The molecule has 1 atom stereocenters. The van der Waals surface area contributed by atoms with Crippen molar-refractivity contribution in [2.24, 2.45) is 0 Å². The summed E-state index contributed by atoms with van der Waals surface area (Å²) in [6.45, 7) is 5.54. The molecule has 0 fully saturated rings. The molecule has 0 bridgehead atoms. The Kier molecular flexibility index (Phi) is 10.0. The van der Waals surface area contributed by atoms with Crippen molar-refractivity contribution in [1.82, 2.24) is 10.3 Å². The SMILES string of the molecule is CC(C)(C)NC(=O)C(c1cccnc1)N(C(=O)c1ccco1)c1ccc(-c2ccc(F)c(F)c2)cc1.O=C(O)C(F)(F)F. The van der Waals surface area contributed by atoms with Crippen molar-refractivity contribution in [1.29, 1.82) is 0 Å². The van der Waals surface area contributed by atoms with Crippen molar-refractivity contribution >= 4 is 23.5 Å². The zero-order chi connectivity index (χ0) is 31.9. The number of carboxylic acid groups (broad SMARTS) is 1. The average molecular weight is 604 g/mol. The van der Waals surface area contributed by atoms with Crippen LogP contribution in [0.15, 0.2) is 89.8 Å². The van der Waals surface area contributed by atoms with E-state index in [1.807, 2.05) is 20.8 Å². The molecule has 0 radical (unpaired) electrons. The summed E-state index contributed by atoms with van der Waals surface area (Å²) in [6.07, 6.45) is -0.589. The number of aliphatic carboxylic acids is 1. The van der Waals surface area contributed by atoms with Crippen LogP contribution >= 0.6 is 0 Å². The number of furan rings is 1. The fourth-order valence-electron chi connectivity index (χ4n) is 3.79. The number of nitrogens with zero attached hydrogens (tertiary/aromatic N) is 2. The number of pyridine rings is 1. The predicted molar refractivity (Wildman–Crippen MR) is 146 cm³/mol. The summed E-state index contributed by atoms with van der Waals surface area (Å²) < 4.78 is 64.2. The van der Waals surface area contributed by atoms with Gasteiger partial charge in [0.2, 0.25) is 5.91 Å². The first-order chi connectivity index (χ1) is 20.1. The molecule has 13 heteroatoms.